The number of halogens is 1. The van der Waals surface area contributed by atoms with E-state index < -0.39 is 0 Å². The lowest BCUT2D eigenvalue weighted by Gasteiger charge is -2.42. The topological polar surface area (TPSA) is 9.23 Å². The van der Waals surface area contributed by atoms with Gasteiger partial charge in [0.2, 0.25) is 0 Å². The van der Waals surface area contributed by atoms with Gasteiger partial charge < -0.3 is 4.74 Å². The van der Waals surface area contributed by atoms with Gasteiger partial charge in [-0.3, -0.25) is 0 Å². The Morgan fingerprint density at radius 2 is 1.43 bits per heavy atom. The van der Waals surface area contributed by atoms with Crippen LogP contribution in [-0.2, 0) is 4.74 Å². The minimum absolute atomic E-state index is 0.515. The maximum absolute atomic E-state index is 5.93. The number of rotatable bonds is 3. The Morgan fingerprint density at radius 1 is 0.821 bits per heavy atom. The molecule has 0 radical (unpaired) electrons. The summed E-state index contributed by atoms with van der Waals surface area (Å²) in [4.78, 5) is 0. The van der Waals surface area contributed by atoms with Gasteiger partial charge in [0, 0.05) is 22.8 Å². The summed E-state index contributed by atoms with van der Waals surface area (Å²) in [7, 11) is 0. The molecule has 0 amide bonds. The highest BCUT2D eigenvalue weighted by molar-refractivity contribution is 6.30. The van der Waals surface area contributed by atoms with Crippen LogP contribution in [0.25, 0.3) is 0 Å². The number of hydrogen-bond acceptors (Lipinski definition) is 1. The normalized spacial score (nSPS) is 26.8. The summed E-state index contributed by atoms with van der Waals surface area (Å²) >= 11 is 5.93. The first-order valence-electron chi connectivity index (χ1n) is 10.7. The number of hydrogen-bond donors (Lipinski definition) is 0. The molecule has 0 heterocycles. The zero-order valence-electron chi connectivity index (χ0n) is 16.7. The molecule has 2 saturated carbocycles. The van der Waals surface area contributed by atoms with Gasteiger partial charge in [0.05, 0.1) is 6.10 Å². The highest BCUT2D eigenvalue weighted by Crippen LogP contribution is 2.46. The molecule has 4 unspecified atom stereocenters. The standard InChI is InChI=1S/C26H29ClO/c1-2-28-26-16-13-23-17-22(11-12-24(23)18-26)21-9-5-19(6-10-21)3-4-20-7-14-25(27)15-8-20/h5-10,14-15,22-24,26H,2,11-13,16-18H2,1H3. The smallest absolute Gasteiger partial charge is 0.0577 e. The van der Waals surface area contributed by atoms with Crippen molar-refractivity contribution in [3.8, 4) is 11.8 Å². The van der Waals surface area contributed by atoms with Gasteiger partial charge in [-0.05, 0) is 105 Å². The van der Waals surface area contributed by atoms with Crippen molar-refractivity contribution in [3.63, 3.8) is 0 Å². The fraction of sp³-hybridized carbons (Fsp3) is 0.462. The third-order valence-corrected chi connectivity index (χ3v) is 6.80. The monoisotopic (exact) mass is 392 g/mol. The van der Waals surface area contributed by atoms with Crippen LogP contribution in [0, 0.1) is 23.7 Å². The molecule has 0 bridgehead atoms. The number of ether oxygens (including phenoxy) is 1. The summed E-state index contributed by atoms with van der Waals surface area (Å²) < 4.78 is 5.90. The molecule has 0 aliphatic heterocycles. The SMILES string of the molecule is CCOC1CCC2CC(c3ccc(C#Cc4ccc(Cl)cc4)cc3)CCC2C1. The first-order valence-corrected chi connectivity index (χ1v) is 11.1. The largest absolute Gasteiger partial charge is 0.378 e. The van der Waals surface area contributed by atoms with Gasteiger partial charge in [-0.25, -0.2) is 0 Å². The molecular formula is C26H29ClO. The van der Waals surface area contributed by atoms with Crippen molar-refractivity contribution in [2.75, 3.05) is 6.61 Å². The number of benzene rings is 2. The summed E-state index contributed by atoms with van der Waals surface area (Å²) in [5.41, 5.74) is 3.56. The molecule has 4 rings (SSSR count). The van der Waals surface area contributed by atoms with E-state index in [9.17, 15) is 0 Å². The van der Waals surface area contributed by atoms with Crippen LogP contribution in [0.1, 0.15) is 68.1 Å². The Bertz CT molecular complexity index is 827. The predicted molar refractivity (Wildman–Crippen MR) is 117 cm³/mol. The van der Waals surface area contributed by atoms with Gasteiger partial charge in [0.1, 0.15) is 0 Å². The van der Waals surface area contributed by atoms with Crippen molar-refractivity contribution >= 4 is 11.6 Å². The van der Waals surface area contributed by atoms with Gasteiger partial charge in [-0.2, -0.15) is 0 Å². The van der Waals surface area contributed by atoms with E-state index in [-0.39, 0.29) is 0 Å². The van der Waals surface area contributed by atoms with Crippen molar-refractivity contribution in [3.05, 3.63) is 70.2 Å². The zero-order valence-corrected chi connectivity index (χ0v) is 17.4. The summed E-state index contributed by atoms with van der Waals surface area (Å²) in [6.45, 7) is 2.98. The van der Waals surface area contributed by atoms with Crippen LogP contribution >= 0.6 is 11.6 Å². The molecule has 2 aromatic carbocycles. The summed E-state index contributed by atoms with van der Waals surface area (Å²) in [5.74, 6) is 8.96. The molecule has 0 saturated heterocycles. The maximum Gasteiger partial charge on any atom is 0.0577 e. The fourth-order valence-corrected chi connectivity index (χ4v) is 5.18. The molecule has 2 aromatic rings. The molecule has 1 nitrogen and oxygen atoms in total. The highest BCUT2D eigenvalue weighted by atomic mass is 35.5. The van der Waals surface area contributed by atoms with Gasteiger partial charge in [-0.15, -0.1) is 0 Å². The van der Waals surface area contributed by atoms with Crippen LogP contribution in [0.3, 0.4) is 0 Å². The fourth-order valence-electron chi connectivity index (χ4n) is 5.05. The second-order valence-electron chi connectivity index (χ2n) is 8.30. The lowest BCUT2D eigenvalue weighted by Crippen LogP contribution is -2.33. The van der Waals surface area contributed by atoms with E-state index >= 15 is 0 Å². The van der Waals surface area contributed by atoms with Crippen molar-refractivity contribution in [1.82, 2.24) is 0 Å². The third-order valence-electron chi connectivity index (χ3n) is 6.54. The molecule has 146 valence electrons. The average molecular weight is 393 g/mol. The molecule has 2 heteroatoms. The molecule has 0 aromatic heterocycles. The Kier molecular flexibility index (Phi) is 6.40. The zero-order chi connectivity index (χ0) is 19.3. The Morgan fingerprint density at radius 3 is 2.11 bits per heavy atom. The van der Waals surface area contributed by atoms with Gasteiger partial charge in [-0.1, -0.05) is 35.6 Å². The molecule has 2 aliphatic carbocycles. The summed E-state index contributed by atoms with van der Waals surface area (Å²) in [6.07, 6.45) is 8.41. The van der Waals surface area contributed by atoms with E-state index in [0.717, 1.165) is 34.6 Å². The van der Waals surface area contributed by atoms with Gasteiger partial charge in [0.15, 0.2) is 0 Å². The predicted octanol–water partition coefficient (Wildman–Crippen LogP) is 6.83. The maximum atomic E-state index is 5.93. The molecule has 0 N–H and O–H groups in total. The van der Waals surface area contributed by atoms with Crippen LogP contribution in [0.2, 0.25) is 5.02 Å². The van der Waals surface area contributed by atoms with E-state index in [1.807, 2.05) is 24.3 Å². The molecular weight excluding hydrogens is 364 g/mol. The van der Waals surface area contributed by atoms with E-state index in [1.165, 1.54) is 44.1 Å². The van der Waals surface area contributed by atoms with Crippen LogP contribution in [0.4, 0.5) is 0 Å². The summed E-state index contributed by atoms with van der Waals surface area (Å²) in [6, 6.07) is 16.6. The van der Waals surface area contributed by atoms with Crippen molar-refractivity contribution in [2.24, 2.45) is 11.8 Å². The lowest BCUT2D eigenvalue weighted by molar-refractivity contribution is -0.00955. The quantitative estimate of drug-likeness (QED) is 0.520. The first-order chi connectivity index (χ1) is 13.7. The number of fused-ring (bicyclic) bond motifs is 1. The van der Waals surface area contributed by atoms with Crippen molar-refractivity contribution in [1.29, 1.82) is 0 Å². The van der Waals surface area contributed by atoms with Crippen LogP contribution in [-0.4, -0.2) is 12.7 Å². The Labute approximate surface area is 174 Å². The highest BCUT2D eigenvalue weighted by Gasteiger charge is 2.36. The van der Waals surface area contributed by atoms with Crippen LogP contribution in [0.15, 0.2) is 48.5 Å². The average Bonchev–Trinajstić information content (AvgIpc) is 2.74. The Hall–Kier alpha value is -1.75. The second-order valence-corrected chi connectivity index (χ2v) is 8.74. The van der Waals surface area contributed by atoms with Crippen LogP contribution in [0.5, 0.6) is 0 Å². The first kappa shape index (κ1) is 19.6. The minimum atomic E-state index is 0.515. The van der Waals surface area contributed by atoms with E-state index in [1.54, 1.807) is 0 Å². The van der Waals surface area contributed by atoms with Gasteiger partial charge in [0.25, 0.3) is 0 Å². The summed E-state index contributed by atoms with van der Waals surface area (Å²) in [5, 5.41) is 0.746. The van der Waals surface area contributed by atoms with E-state index in [0.29, 0.717) is 12.0 Å². The van der Waals surface area contributed by atoms with Gasteiger partial charge >= 0.3 is 0 Å². The molecule has 2 aliphatic rings. The van der Waals surface area contributed by atoms with Crippen molar-refractivity contribution < 1.29 is 4.74 Å². The van der Waals surface area contributed by atoms with Crippen LogP contribution < -0.4 is 0 Å². The Balaban J connectivity index is 1.37. The molecule has 0 spiro atoms. The third kappa shape index (κ3) is 4.80. The molecule has 4 atom stereocenters. The minimum Gasteiger partial charge on any atom is -0.378 e. The van der Waals surface area contributed by atoms with E-state index in [4.69, 9.17) is 16.3 Å². The molecule has 2 fully saturated rings. The van der Waals surface area contributed by atoms with E-state index in [2.05, 4.69) is 43.0 Å². The molecule has 28 heavy (non-hydrogen) atoms. The van der Waals surface area contributed by atoms with Crippen molar-refractivity contribution in [2.45, 2.75) is 57.5 Å². The second kappa shape index (κ2) is 9.17. The lowest BCUT2D eigenvalue weighted by atomic mass is 9.65.